The SMILES string of the molecule is CC(C)C1CCC(O)(Cc2c(F)ccc(Br)c2F)CC1. The molecule has 1 aliphatic carbocycles. The average Bonchev–Trinajstić information content (AvgIpc) is 2.40. The summed E-state index contributed by atoms with van der Waals surface area (Å²) in [5, 5.41) is 10.6. The van der Waals surface area contributed by atoms with Gasteiger partial charge in [-0.25, -0.2) is 8.78 Å². The lowest BCUT2D eigenvalue weighted by molar-refractivity contribution is -0.0158. The highest BCUT2D eigenvalue weighted by Gasteiger charge is 2.35. The molecule has 1 saturated carbocycles. The molecule has 0 unspecified atom stereocenters. The number of aliphatic hydroxyl groups is 1. The van der Waals surface area contributed by atoms with Crippen molar-refractivity contribution in [3.63, 3.8) is 0 Å². The van der Waals surface area contributed by atoms with Gasteiger partial charge >= 0.3 is 0 Å². The molecule has 0 bridgehead atoms. The zero-order valence-electron chi connectivity index (χ0n) is 11.9. The maximum atomic E-state index is 14.0. The van der Waals surface area contributed by atoms with Gasteiger partial charge in [0, 0.05) is 12.0 Å². The van der Waals surface area contributed by atoms with Crippen molar-refractivity contribution >= 4 is 15.9 Å². The second kappa shape index (κ2) is 6.10. The molecular weight excluding hydrogens is 326 g/mol. The average molecular weight is 347 g/mol. The smallest absolute Gasteiger partial charge is 0.143 e. The molecule has 1 N–H and O–H groups in total. The summed E-state index contributed by atoms with van der Waals surface area (Å²) in [6, 6.07) is 2.60. The zero-order valence-corrected chi connectivity index (χ0v) is 13.5. The van der Waals surface area contributed by atoms with E-state index in [9.17, 15) is 13.9 Å². The molecule has 1 aliphatic rings. The Hall–Kier alpha value is -0.480. The van der Waals surface area contributed by atoms with Crippen LogP contribution in [0.15, 0.2) is 16.6 Å². The summed E-state index contributed by atoms with van der Waals surface area (Å²) in [6.45, 7) is 4.37. The molecule has 112 valence electrons. The van der Waals surface area contributed by atoms with Gasteiger partial charge in [0.05, 0.1) is 10.1 Å². The molecule has 0 amide bonds. The molecule has 2 rings (SSSR count). The summed E-state index contributed by atoms with van der Waals surface area (Å²) >= 11 is 3.07. The van der Waals surface area contributed by atoms with Gasteiger partial charge in [0.25, 0.3) is 0 Å². The van der Waals surface area contributed by atoms with E-state index in [1.54, 1.807) is 0 Å². The number of rotatable bonds is 3. The molecule has 0 saturated heterocycles. The Kier molecular flexibility index (Phi) is 4.85. The summed E-state index contributed by atoms with van der Waals surface area (Å²) in [7, 11) is 0. The van der Waals surface area contributed by atoms with Gasteiger partial charge in [-0.15, -0.1) is 0 Å². The lowest BCUT2D eigenvalue weighted by Crippen LogP contribution is -2.37. The second-order valence-electron chi connectivity index (χ2n) is 6.30. The Morgan fingerprint density at radius 2 is 1.90 bits per heavy atom. The van der Waals surface area contributed by atoms with Crippen LogP contribution < -0.4 is 0 Å². The fraction of sp³-hybridized carbons (Fsp3) is 0.625. The van der Waals surface area contributed by atoms with Gasteiger partial charge in [-0.2, -0.15) is 0 Å². The van der Waals surface area contributed by atoms with Crippen LogP contribution in [0.5, 0.6) is 0 Å². The quantitative estimate of drug-likeness (QED) is 0.775. The predicted octanol–water partition coefficient (Wildman–Crippen LogP) is 4.85. The van der Waals surface area contributed by atoms with Crippen LogP contribution in [0.2, 0.25) is 0 Å². The van der Waals surface area contributed by atoms with Crippen LogP contribution >= 0.6 is 15.9 Å². The Morgan fingerprint density at radius 3 is 2.45 bits per heavy atom. The highest BCUT2D eigenvalue weighted by molar-refractivity contribution is 9.10. The predicted molar refractivity (Wildman–Crippen MR) is 79.5 cm³/mol. The molecule has 0 spiro atoms. The van der Waals surface area contributed by atoms with E-state index in [0.29, 0.717) is 24.7 Å². The van der Waals surface area contributed by atoms with Crippen molar-refractivity contribution in [1.29, 1.82) is 0 Å². The molecule has 1 fully saturated rings. The second-order valence-corrected chi connectivity index (χ2v) is 7.16. The van der Waals surface area contributed by atoms with Crippen LogP contribution in [0.1, 0.15) is 45.1 Å². The molecule has 0 atom stereocenters. The minimum absolute atomic E-state index is 0.00938. The van der Waals surface area contributed by atoms with Crippen LogP contribution in [-0.2, 0) is 6.42 Å². The molecule has 20 heavy (non-hydrogen) atoms. The van der Waals surface area contributed by atoms with Gasteiger partial charge in [-0.3, -0.25) is 0 Å². The first-order valence-corrected chi connectivity index (χ1v) is 7.96. The van der Waals surface area contributed by atoms with E-state index in [0.717, 1.165) is 12.8 Å². The summed E-state index contributed by atoms with van der Waals surface area (Å²) in [6.07, 6.45) is 3.12. The van der Waals surface area contributed by atoms with E-state index >= 15 is 0 Å². The first-order valence-electron chi connectivity index (χ1n) is 7.17. The standard InChI is InChI=1S/C16H21BrF2O/c1-10(2)11-5-7-16(20,8-6-11)9-12-14(18)4-3-13(17)15(12)19/h3-4,10-11,20H,5-9H2,1-2H3. The highest BCUT2D eigenvalue weighted by atomic mass is 79.9. The highest BCUT2D eigenvalue weighted by Crippen LogP contribution is 2.38. The molecule has 1 aromatic carbocycles. The monoisotopic (exact) mass is 346 g/mol. The molecule has 0 heterocycles. The van der Waals surface area contributed by atoms with Crippen molar-refractivity contribution in [1.82, 2.24) is 0 Å². The lowest BCUT2D eigenvalue weighted by atomic mass is 9.72. The van der Waals surface area contributed by atoms with Crippen LogP contribution in [-0.4, -0.2) is 10.7 Å². The van der Waals surface area contributed by atoms with Gasteiger partial charge in [0.15, 0.2) is 0 Å². The number of halogens is 3. The Labute approximate surface area is 127 Å². The first kappa shape index (κ1) is 15.9. The van der Waals surface area contributed by atoms with Crippen LogP contribution in [0.3, 0.4) is 0 Å². The Balaban J connectivity index is 2.13. The minimum Gasteiger partial charge on any atom is -0.390 e. The summed E-state index contributed by atoms with van der Waals surface area (Å²) < 4.78 is 28.0. The van der Waals surface area contributed by atoms with Gasteiger partial charge in [-0.1, -0.05) is 13.8 Å². The van der Waals surface area contributed by atoms with Crippen LogP contribution in [0.25, 0.3) is 0 Å². The van der Waals surface area contributed by atoms with Crippen molar-refractivity contribution in [2.45, 2.75) is 51.6 Å². The van der Waals surface area contributed by atoms with E-state index < -0.39 is 17.2 Å². The molecule has 1 nitrogen and oxygen atoms in total. The van der Waals surface area contributed by atoms with E-state index in [4.69, 9.17) is 0 Å². The largest absolute Gasteiger partial charge is 0.390 e. The third-order valence-corrected chi connectivity index (χ3v) is 5.16. The van der Waals surface area contributed by atoms with E-state index in [1.807, 2.05) is 0 Å². The van der Waals surface area contributed by atoms with Gasteiger partial charge in [0.1, 0.15) is 11.6 Å². The molecule has 0 radical (unpaired) electrons. The molecule has 4 heteroatoms. The summed E-state index contributed by atoms with van der Waals surface area (Å²) in [5.74, 6) is 0.0286. The molecule has 1 aromatic rings. The lowest BCUT2D eigenvalue weighted by Gasteiger charge is -2.37. The zero-order chi connectivity index (χ0) is 14.9. The maximum Gasteiger partial charge on any atom is 0.143 e. The molecular formula is C16H21BrF2O. The van der Waals surface area contributed by atoms with Crippen LogP contribution in [0.4, 0.5) is 8.78 Å². The summed E-state index contributed by atoms with van der Waals surface area (Å²) in [4.78, 5) is 0. The molecule has 0 aromatic heterocycles. The van der Waals surface area contributed by atoms with Gasteiger partial charge in [-0.05, 0) is 65.6 Å². The van der Waals surface area contributed by atoms with Crippen molar-refractivity contribution < 1.29 is 13.9 Å². The third kappa shape index (κ3) is 3.40. The minimum atomic E-state index is -0.978. The van der Waals surface area contributed by atoms with Crippen molar-refractivity contribution in [3.8, 4) is 0 Å². The van der Waals surface area contributed by atoms with Crippen LogP contribution in [0, 0.1) is 23.5 Å². The van der Waals surface area contributed by atoms with Crippen molar-refractivity contribution in [2.24, 2.45) is 11.8 Å². The Bertz CT molecular complexity index is 480. The maximum absolute atomic E-state index is 14.0. The van der Waals surface area contributed by atoms with Gasteiger partial charge < -0.3 is 5.11 Å². The number of hydrogen-bond acceptors (Lipinski definition) is 1. The first-order chi connectivity index (χ1) is 9.32. The third-order valence-electron chi connectivity index (χ3n) is 4.55. The molecule has 0 aliphatic heterocycles. The fourth-order valence-corrected chi connectivity index (χ4v) is 3.45. The van der Waals surface area contributed by atoms with Crippen molar-refractivity contribution in [3.05, 3.63) is 33.8 Å². The van der Waals surface area contributed by atoms with E-state index in [2.05, 4.69) is 29.8 Å². The topological polar surface area (TPSA) is 20.2 Å². The Morgan fingerprint density at radius 1 is 1.30 bits per heavy atom. The number of hydrogen-bond donors (Lipinski definition) is 1. The van der Waals surface area contributed by atoms with Gasteiger partial charge in [0.2, 0.25) is 0 Å². The fourth-order valence-electron chi connectivity index (χ4n) is 3.08. The van der Waals surface area contributed by atoms with E-state index in [-0.39, 0.29) is 16.5 Å². The number of benzene rings is 1. The van der Waals surface area contributed by atoms with Crippen molar-refractivity contribution in [2.75, 3.05) is 0 Å². The summed E-state index contributed by atoms with van der Waals surface area (Å²) in [5.41, 5.74) is -0.988. The normalized spacial score (nSPS) is 27.1. The van der Waals surface area contributed by atoms with E-state index in [1.165, 1.54) is 12.1 Å².